The first-order valence-corrected chi connectivity index (χ1v) is 4.26. The molecule has 3 nitrogen and oxygen atoms in total. The Hall–Kier alpha value is -1.48. The zero-order chi connectivity index (χ0) is 10.6. The molecule has 1 N–H and O–H groups in total. The van der Waals surface area contributed by atoms with Crippen LogP contribution in [0.3, 0.4) is 0 Å². The Kier molecular flexibility index (Phi) is 3.54. The van der Waals surface area contributed by atoms with Crippen molar-refractivity contribution in [3.63, 3.8) is 0 Å². The number of carboxylic acids is 1. The number of benzene rings is 1. The van der Waals surface area contributed by atoms with Gasteiger partial charge in [0.25, 0.3) is 0 Å². The molecule has 0 amide bonds. The third-order valence-corrected chi connectivity index (χ3v) is 1.89. The topological polar surface area (TPSA) is 46.5 Å². The highest BCUT2D eigenvalue weighted by atomic mass is 35.5. The number of hydrogen-bond donors (Lipinski definition) is 1. The van der Waals surface area contributed by atoms with Gasteiger partial charge < -0.3 is 9.84 Å². The molecule has 1 aromatic carbocycles. The van der Waals surface area contributed by atoms with Gasteiger partial charge in [0, 0.05) is 6.08 Å². The maximum Gasteiger partial charge on any atom is 0.328 e. The lowest BCUT2D eigenvalue weighted by Crippen LogP contribution is -1.87. The molecule has 1 aromatic rings. The minimum atomic E-state index is -0.989. The molecule has 0 bridgehead atoms. The summed E-state index contributed by atoms with van der Waals surface area (Å²) >= 11 is 5.84. The number of carboxylic acid groups (broad SMARTS) is 1. The quantitative estimate of drug-likeness (QED) is 0.783. The van der Waals surface area contributed by atoms with Gasteiger partial charge in [-0.1, -0.05) is 17.7 Å². The third-order valence-electron chi connectivity index (χ3n) is 1.59. The minimum Gasteiger partial charge on any atom is -0.495 e. The summed E-state index contributed by atoms with van der Waals surface area (Å²) in [5.74, 6) is -0.420. The van der Waals surface area contributed by atoms with Gasteiger partial charge in [-0.05, 0) is 23.8 Å². The van der Waals surface area contributed by atoms with Gasteiger partial charge in [-0.3, -0.25) is 0 Å². The second-order valence-electron chi connectivity index (χ2n) is 2.57. The smallest absolute Gasteiger partial charge is 0.328 e. The number of halogens is 1. The predicted octanol–water partition coefficient (Wildman–Crippen LogP) is 2.45. The van der Waals surface area contributed by atoms with E-state index in [1.807, 2.05) is 0 Å². The van der Waals surface area contributed by atoms with E-state index in [9.17, 15) is 4.79 Å². The molecule has 0 heterocycles. The van der Waals surface area contributed by atoms with Crippen molar-refractivity contribution in [2.75, 3.05) is 7.11 Å². The van der Waals surface area contributed by atoms with Crippen LogP contribution < -0.4 is 4.74 Å². The third kappa shape index (κ3) is 2.78. The molecule has 4 heteroatoms. The summed E-state index contributed by atoms with van der Waals surface area (Å²) in [5, 5.41) is 8.86. The van der Waals surface area contributed by atoms with Gasteiger partial charge in [-0.2, -0.15) is 0 Å². The summed E-state index contributed by atoms with van der Waals surface area (Å²) in [6.45, 7) is 0. The average Bonchev–Trinajstić information content (AvgIpc) is 2.15. The van der Waals surface area contributed by atoms with Crippen LogP contribution in [0, 0.1) is 0 Å². The molecular weight excluding hydrogens is 204 g/mol. The van der Waals surface area contributed by atoms with Crippen LogP contribution in [0.4, 0.5) is 0 Å². The standard InChI is InChI=1S/C10H9ClO3/c1-14-9-4-2-7(6-8(9)11)3-5-10(12)13/h2-6H,1H3,(H,12,13). The summed E-state index contributed by atoms with van der Waals surface area (Å²) in [4.78, 5) is 10.2. The van der Waals surface area contributed by atoms with Crippen LogP contribution in [0.2, 0.25) is 5.02 Å². The first kappa shape index (κ1) is 10.6. The number of hydrogen-bond acceptors (Lipinski definition) is 2. The highest BCUT2D eigenvalue weighted by Gasteiger charge is 1.99. The van der Waals surface area contributed by atoms with Gasteiger partial charge in [0.15, 0.2) is 0 Å². The van der Waals surface area contributed by atoms with E-state index in [1.165, 1.54) is 13.2 Å². The Morgan fingerprint density at radius 3 is 2.79 bits per heavy atom. The largest absolute Gasteiger partial charge is 0.495 e. The summed E-state index contributed by atoms with van der Waals surface area (Å²) in [5.41, 5.74) is 0.721. The number of aliphatic carboxylic acids is 1. The van der Waals surface area contributed by atoms with Crippen LogP contribution in [-0.4, -0.2) is 18.2 Å². The summed E-state index contributed by atoms with van der Waals surface area (Å²) < 4.78 is 4.95. The van der Waals surface area contributed by atoms with Gasteiger partial charge in [0.1, 0.15) is 5.75 Å². The van der Waals surface area contributed by atoms with Crippen LogP contribution in [0.5, 0.6) is 5.75 Å². The van der Waals surface area contributed by atoms with E-state index < -0.39 is 5.97 Å². The SMILES string of the molecule is COc1ccc(C=CC(=O)O)cc1Cl. The van der Waals surface area contributed by atoms with Crippen molar-refractivity contribution in [1.29, 1.82) is 0 Å². The zero-order valence-electron chi connectivity index (χ0n) is 7.53. The van der Waals surface area contributed by atoms with E-state index in [0.29, 0.717) is 10.8 Å². The van der Waals surface area contributed by atoms with Gasteiger partial charge in [-0.25, -0.2) is 4.79 Å². The first-order chi connectivity index (χ1) is 6.63. The molecule has 0 atom stereocenters. The fourth-order valence-electron chi connectivity index (χ4n) is 0.954. The van der Waals surface area contributed by atoms with Crippen LogP contribution in [0.1, 0.15) is 5.56 Å². The number of methoxy groups -OCH3 is 1. The Morgan fingerprint density at radius 1 is 1.57 bits per heavy atom. The highest BCUT2D eigenvalue weighted by molar-refractivity contribution is 6.32. The number of ether oxygens (including phenoxy) is 1. The molecule has 0 unspecified atom stereocenters. The van der Waals surface area contributed by atoms with Crippen molar-refractivity contribution in [1.82, 2.24) is 0 Å². The van der Waals surface area contributed by atoms with Crippen LogP contribution in [0.25, 0.3) is 6.08 Å². The maximum absolute atomic E-state index is 10.2. The zero-order valence-corrected chi connectivity index (χ0v) is 8.28. The van der Waals surface area contributed by atoms with Crippen LogP contribution in [0.15, 0.2) is 24.3 Å². The van der Waals surface area contributed by atoms with Crippen molar-refractivity contribution in [2.45, 2.75) is 0 Å². The summed E-state index contributed by atoms with van der Waals surface area (Å²) in [6, 6.07) is 5.05. The van der Waals surface area contributed by atoms with Crippen molar-refractivity contribution in [2.24, 2.45) is 0 Å². The first-order valence-electron chi connectivity index (χ1n) is 3.88. The van der Waals surface area contributed by atoms with E-state index >= 15 is 0 Å². The van der Waals surface area contributed by atoms with Gasteiger partial charge in [0.05, 0.1) is 12.1 Å². The van der Waals surface area contributed by atoms with E-state index in [1.54, 1.807) is 18.2 Å². The Balaban J connectivity index is 2.91. The van der Waals surface area contributed by atoms with Crippen molar-refractivity contribution in [3.05, 3.63) is 34.9 Å². The second kappa shape index (κ2) is 4.67. The lowest BCUT2D eigenvalue weighted by atomic mass is 10.2. The van der Waals surface area contributed by atoms with Gasteiger partial charge in [0.2, 0.25) is 0 Å². The number of rotatable bonds is 3. The monoisotopic (exact) mass is 212 g/mol. The van der Waals surface area contributed by atoms with Crippen molar-refractivity contribution >= 4 is 23.6 Å². The maximum atomic E-state index is 10.2. The molecule has 0 saturated heterocycles. The molecule has 14 heavy (non-hydrogen) atoms. The predicted molar refractivity (Wildman–Crippen MR) is 54.7 cm³/mol. The fraction of sp³-hybridized carbons (Fsp3) is 0.100. The molecule has 0 radical (unpaired) electrons. The van der Waals surface area contributed by atoms with Crippen LogP contribution >= 0.6 is 11.6 Å². The lowest BCUT2D eigenvalue weighted by molar-refractivity contribution is -0.131. The van der Waals surface area contributed by atoms with Gasteiger partial charge in [-0.15, -0.1) is 0 Å². The van der Waals surface area contributed by atoms with Crippen molar-refractivity contribution in [3.8, 4) is 5.75 Å². The molecule has 74 valence electrons. The summed E-state index contributed by atoms with van der Waals surface area (Å²) in [6.07, 6.45) is 2.52. The second-order valence-corrected chi connectivity index (χ2v) is 2.97. The molecule has 0 aliphatic rings. The molecule has 1 rings (SSSR count). The van der Waals surface area contributed by atoms with E-state index in [2.05, 4.69) is 0 Å². The van der Waals surface area contributed by atoms with E-state index in [0.717, 1.165) is 11.6 Å². The minimum absolute atomic E-state index is 0.458. The van der Waals surface area contributed by atoms with E-state index in [-0.39, 0.29) is 0 Å². The normalized spacial score (nSPS) is 10.4. The molecular formula is C10H9ClO3. The summed E-state index contributed by atoms with van der Waals surface area (Å²) in [7, 11) is 1.52. The average molecular weight is 213 g/mol. The molecule has 0 aliphatic carbocycles. The molecule has 0 aromatic heterocycles. The highest BCUT2D eigenvalue weighted by Crippen LogP contribution is 2.25. The van der Waals surface area contributed by atoms with Crippen molar-refractivity contribution < 1.29 is 14.6 Å². The van der Waals surface area contributed by atoms with Crippen LogP contribution in [-0.2, 0) is 4.79 Å². The molecule has 0 saturated carbocycles. The lowest BCUT2D eigenvalue weighted by Gasteiger charge is -2.02. The Morgan fingerprint density at radius 2 is 2.29 bits per heavy atom. The number of carbonyl (C=O) groups is 1. The Labute approximate surface area is 86.6 Å². The Bertz CT molecular complexity index is 372. The van der Waals surface area contributed by atoms with E-state index in [4.69, 9.17) is 21.4 Å². The molecule has 0 spiro atoms. The van der Waals surface area contributed by atoms with Gasteiger partial charge >= 0.3 is 5.97 Å². The molecule has 0 fully saturated rings. The fourth-order valence-corrected chi connectivity index (χ4v) is 1.22. The molecule has 0 aliphatic heterocycles.